The Morgan fingerprint density at radius 2 is 2.04 bits per heavy atom. The third-order valence-corrected chi connectivity index (χ3v) is 4.50. The summed E-state index contributed by atoms with van der Waals surface area (Å²) in [5.74, 6) is 0. The topological polar surface area (TPSA) is 49.6 Å². The summed E-state index contributed by atoms with van der Waals surface area (Å²) in [6.45, 7) is 5.31. The van der Waals surface area contributed by atoms with Gasteiger partial charge in [0.2, 0.25) is 0 Å². The van der Waals surface area contributed by atoms with Crippen LogP contribution in [0.3, 0.4) is 0 Å². The Balaban J connectivity index is 0.00000182. The Labute approximate surface area is 152 Å². The van der Waals surface area contributed by atoms with E-state index in [1.165, 1.54) is 11.3 Å². The van der Waals surface area contributed by atoms with E-state index in [2.05, 4.69) is 34.5 Å². The second kappa shape index (κ2) is 7.25. The van der Waals surface area contributed by atoms with Gasteiger partial charge in [0.25, 0.3) is 5.56 Å². The Kier molecular flexibility index (Phi) is 5.06. The monoisotopic (exact) mass is 356 g/mol. The molecule has 130 valence electrons. The molecule has 3 aromatic rings. The molecule has 0 saturated carbocycles. The van der Waals surface area contributed by atoms with Gasteiger partial charge in [-0.25, -0.2) is 4.98 Å². The van der Waals surface area contributed by atoms with Crippen molar-refractivity contribution in [2.75, 3.05) is 18.0 Å². The number of nitrogens with zero attached hydrogens (tertiary/aromatic N) is 3. The average Bonchev–Trinajstić information content (AvgIpc) is 2.79. The summed E-state index contributed by atoms with van der Waals surface area (Å²) < 4.78 is 1.61. The number of anilines is 1. The van der Waals surface area contributed by atoms with E-state index in [9.17, 15) is 4.79 Å². The van der Waals surface area contributed by atoms with E-state index < -0.39 is 0 Å². The zero-order valence-electron chi connectivity index (χ0n) is 14.1. The number of nitrogens with one attached hydrogen (secondary N) is 1. The summed E-state index contributed by atoms with van der Waals surface area (Å²) >= 11 is 0. The predicted octanol–water partition coefficient (Wildman–Crippen LogP) is 2.53. The normalized spacial score (nSPS) is 13.9. The van der Waals surface area contributed by atoms with Crippen LogP contribution in [0.2, 0.25) is 0 Å². The van der Waals surface area contributed by atoms with E-state index in [0.29, 0.717) is 6.54 Å². The van der Waals surface area contributed by atoms with E-state index in [1.807, 2.05) is 19.1 Å². The Bertz CT molecular complexity index is 954. The molecule has 1 N–H and O–H groups in total. The van der Waals surface area contributed by atoms with E-state index in [-0.39, 0.29) is 18.0 Å². The van der Waals surface area contributed by atoms with Gasteiger partial charge in [-0.2, -0.15) is 0 Å². The molecule has 5 nitrogen and oxygen atoms in total. The summed E-state index contributed by atoms with van der Waals surface area (Å²) in [5.41, 5.74) is 5.03. The van der Waals surface area contributed by atoms with Crippen molar-refractivity contribution in [3.8, 4) is 0 Å². The maximum absolute atomic E-state index is 12.4. The summed E-state index contributed by atoms with van der Waals surface area (Å²) in [5, 5.41) is 3.44. The second-order valence-corrected chi connectivity index (χ2v) is 6.20. The van der Waals surface area contributed by atoms with Crippen molar-refractivity contribution >= 4 is 23.7 Å². The second-order valence-electron chi connectivity index (χ2n) is 6.20. The Hall–Kier alpha value is -2.37. The minimum atomic E-state index is -0.0278. The van der Waals surface area contributed by atoms with E-state index >= 15 is 0 Å². The first kappa shape index (κ1) is 17.5. The highest BCUT2D eigenvalue weighted by Crippen LogP contribution is 2.23. The van der Waals surface area contributed by atoms with Crippen molar-refractivity contribution in [2.24, 2.45) is 0 Å². The SMILES string of the molecule is Cc1cccn2c(=O)cc(CN3CCNCc4ccccc43)nc12.Cl. The van der Waals surface area contributed by atoms with Crippen molar-refractivity contribution in [2.45, 2.75) is 20.0 Å². The number of benzene rings is 1. The summed E-state index contributed by atoms with van der Waals surface area (Å²) in [4.78, 5) is 19.4. The maximum atomic E-state index is 12.4. The molecule has 0 amide bonds. The van der Waals surface area contributed by atoms with Crippen LogP contribution in [0, 0.1) is 6.92 Å². The molecule has 0 saturated heterocycles. The lowest BCUT2D eigenvalue weighted by atomic mass is 10.1. The molecule has 3 heterocycles. The van der Waals surface area contributed by atoms with Gasteiger partial charge < -0.3 is 10.2 Å². The predicted molar refractivity (Wildman–Crippen MR) is 103 cm³/mol. The molecule has 0 bridgehead atoms. The van der Waals surface area contributed by atoms with Crippen molar-refractivity contribution in [1.82, 2.24) is 14.7 Å². The summed E-state index contributed by atoms with van der Waals surface area (Å²) in [6, 6.07) is 13.9. The van der Waals surface area contributed by atoms with Gasteiger partial charge in [0.1, 0.15) is 5.65 Å². The van der Waals surface area contributed by atoms with Crippen molar-refractivity contribution in [3.05, 3.63) is 75.8 Å². The first-order chi connectivity index (χ1) is 11.7. The number of aromatic nitrogens is 2. The fourth-order valence-corrected chi connectivity index (χ4v) is 3.28. The van der Waals surface area contributed by atoms with Gasteiger partial charge >= 0.3 is 0 Å². The summed E-state index contributed by atoms with van der Waals surface area (Å²) in [6.07, 6.45) is 1.77. The van der Waals surface area contributed by atoms with Crippen LogP contribution in [0.1, 0.15) is 16.8 Å². The fraction of sp³-hybridized carbons (Fsp3) is 0.263. The molecule has 4 rings (SSSR count). The molecular formula is C19H21ClN4O. The lowest BCUT2D eigenvalue weighted by Gasteiger charge is -2.24. The number of halogens is 1. The molecule has 25 heavy (non-hydrogen) atoms. The van der Waals surface area contributed by atoms with Crippen LogP contribution in [0.15, 0.2) is 53.5 Å². The summed E-state index contributed by atoms with van der Waals surface area (Å²) in [7, 11) is 0. The van der Waals surface area contributed by atoms with Crippen LogP contribution in [0.25, 0.3) is 5.65 Å². The van der Waals surface area contributed by atoms with Crippen molar-refractivity contribution in [3.63, 3.8) is 0 Å². The molecule has 1 aliphatic rings. The average molecular weight is 357 g/mol. The highest BCUT2D eigenvalue weighted by Gasteiger charge is 2.16. The highest BCUT2D eigenvalue weighted by atomic mass is 35.5. The maximum Gasteiger partial charge on any atom is 0.258 e. The van der Waals surface area contributed by atoms with Gasteiger partial charge in [0.05, 0.1) is 12.2 Å². The van der Waals surface area contributed by atoms with Gasteiger partial charge in [-0.15, -0.1) is 12.4 Å². The van der Waals surface area contributed by atoms with E-state index in [4.69, 9.17) is 4.98 Å². The smallest absolute Gasteiger partial charge is 0.258 e. The van der Waals surface area contributed by atoms with Gasteiger partial charge in [0, 0.05) is 37.6 Å². The van der Waals surface area contributed by atoms with Crippen molar-refractivity contribution in [1.29, 1.82) is 0 Å². The quantitative estimate of drug-likeness (QED) is 0.766. The van der Waals surface area contributed by atoms with Gasteiger partial charge in [0.15, 0.2) is 0 Å². The third-order valence-electron chi connectivity index (χ3n) is 4.50. The van der Waals surface area contributed by atoms with Crippen molar-refractivity contribution < 1.29 is 0 Å². The van der Waals surface area contributed by atoms with Crippen LogP contribution in [0.5, 0.6) is 0 Å². The van der Waals surface area contributed by atoms with E-state index in [0.717, 1.165) is 36.5 Å². The molecular weight excluding hydrogens is 336 g/mol. The number of pyridine rings is 1. The number of aryl methyl sites for hydroxylation is 1. The first-order valence-electron chi connectivity index (χ1n) is 8.24. The van der Waals surface area contributed by atoms with Gasteiger partial charge in [-0.3, -0.25) is 9.20 Å². The first-order valence-corrected chi connectivity index (χ1v) is 8.24. The fourth-order valence-electron chi connectivity index (χ4n) is 3.28. The van der Waals surface area contributed by atoms with Crippen LogP contribution in [0.4, 0.5) is 5.69 Å². The number of para-hydroxylation sites is 1. The molecule has 0 spiro atoms. The molecule has 1 aromatic carbocycles. The molecule has 2 aromatic heterocycles. The molecule has 0 unspecified atom stereocenters. The minimum Gasteiger partial charge on any atom is -0.364 e. The lowest BCUT2D eigenvalue weighted by molar-refractivity contribution is 0.684. The molecule has 1 aliphatic heterocycles. The van der Waals surface area contributed by atoms with Crippen LogP contribution in [-0.2, 0) is 13.1 Å². The largest absolute Gasteiger partial charge is 0.364 e. The Morgan fingerprint density at radius 3 is 2.92 bits per heavy atom. The molecule has 0 fully saturated rings. The zero-order valence-corrected chi connectivity index (χ0v) is 14.9. The van der Waals surface area contributed by atoms with Crippen LogP contribution < -0.4 is 15.8 Å². The molecule has 0 radical (unpaired) electrons. The van der Waals surface area contributed by atoms with Gasteiger partial charge in [-0.1, -0.05) is 24.3 Å². The zero-order chi connectivity index (χ0) is 16.5. The van der Waals surface area contributed by atoms with E-state index in [1.54, 1.807) is 16.7 Å². The van der Waals surface area contributed by atoms with Gasteiger partial charge in [-0.05, 0) is 30.2 Å². The van der Waals surface area contributed by atoms with Crippen LogP contribution in [-0.4, -0.2) is 22.5 Å². The third kappa shape index (κ3) is 3.38. The number of fused-ring (bicyclic) bond motifs is 2. The minimum absolute atomic E-state index is 0. The number of rotatable bonds is 2. The van der Waals surface area contributed by atoms with Crippen LogP contribution >= 0.6 is 12.4 Å². The molecule has 0 aliphatic carbocycles. The number of hydrogen-bond donors (Lipinski definition) is 1. The Morgan fingerprint density at radius 1 is 1.20 bits per heavy atom. The molecule has 6 heteroatoms. The highest BCUT2D eigenvalue weighted by molar-refractivity contribution is 5.85. The lowest BCUT2D eigenvalue weighted by Crippen LogP contribution is -2.29. The number of hydrogen-bond acceptors (Lipinski definition) is 4. The standard InChI is InChI=1S/C19H20N4O.ClH/c1-14-5-4-9-23-18(24)11-16(21-19(14)23)13-22-10-8-20-12-15-6-2-3-7-17(15)22;/h2-7,9,11,20H,8,10,12-13H2,1H3;1H. The molecule has 0 atom stereocenters.